The average Bonchev–Trinajstić information content (AvgIpc) is 2.11. The van der Waals surface area contributed by atoms with Crippen LogP contribution in [0.25, 0.3) is 0 Å². The first-order valence-corrected chi connectivity index (χ1v) is 6.35. The second kappa shape index (κ2) is 6.04. The van der Waals surface area contributed by atoms with E-state index in [0.717, 1.165) is 0 Å². The Balaban J connectivity index is 4.00. The Labute approximate surface area is 89.9 Å². The predicted octanol–water partition coefficient (Wildman–Crippen LogP) is -0.636. The van der Waals surface area contributed by atoms with Gasteiger partial charge in [0, 0.05) is 6.54 Å². The van der Waals surface area contributed by atoms with E-state index in [1.807, 2.05) is 13.8 Å². The summed E-state index contributed by atoms with van der Waals surface area (Å²) >= 11 is 0. The Hall–Kier alpha value is -0.660. The highest BCUT2D eigenvalue weighted by molar-refractivity contribution is 7.89. The number of rotatable bonds is 7. The van der Waals surface area contributed by atoms with E-state index >= 15 is 0 Å². The number of hydrogen-bond donors (Lipinski definition) is 3. The van der Waals surface area contributed by atoms with E-state index in [0.29, 0.717) is 6.54 Å². The van der Waals surface area contributed by atoms with Gasteiger partial charge in [0.15, 0.2) is 0 Å². The molecule has 0 rings (SSSR count). The molecule has 7 heteroatoms. The molecule has 0 saturated carbocycles. The Morgan fingerprint density at radius 3 is 2.40 bits per heavy atom. The molecule has 0 spiro atoms. The second-order valence-corrected chi connectivity index (χ2v) is 5.72. The lowest BCUT2D eigenvalue weighted by Crippen LogP contribution is -2.36. The number of hydrogen-bond acceptors (Lipinski definition) is 4. The summed E-state index contributed by atoms with van der Waals surface area (Å²) in [6, 6.07) is -1.12. The standard InChI is InChI=1S/C8H18N2O4S/c1-6(2)5-10-15(13,14)4-3-7(9)8(11)12/h6-7,10H,3-5,9H2,1-2H3,(H,11,12)/t7-/m0/s1. The summed E-state index contributed by atoms with van der Waals surface area (Å²) in [6.07, 6.45) is -0.0806. The Bertz CT molecular complexity index is 300. The molecule has 0 radical (unpaired) electrons. The van der Waals surface area contributed by atoms with Crippen LogP contribution in [0.4, 0.5) is 0 Å². The molecule has 0 heterocycles. The lowest BCUT2D eigenvalue weighted by atomic mass is 10.2. The molecule has 0 saturated heterocycles. The van der Waals surface area contributed by atoms with Crippen LogP contribution in [0.2, 0.25) is 0 Å². The number of carboxylic acids is 1. The molecule has 0 aromatic heterocycles. The molecule has 0 aliphatic rings. The zero-order chi connectivity index (χ0) is 12.1. The minimum Gasteiger partial charge on any atom is -0.480 e. The highest BCUT2D eigenvalue weighted by Crippen LogP contribution is 1.96. The van der Waals surface area contributed by atoms with Crippen LogP contribution in [0, 0.1) is 5.92 Å². The highest BCUT2D eigenvalue weighted by atomic mass is 32.2. The van der Waals surface area contributed by atoms with Gasteiger partial charge in [-0.2, -0.15) is 0 Å². The summed E-state index contributed by atoms with van der Waals surface area (Å²) < 4.78 is 25.0. The zero-order valence-corrected chi connectivity index (χ0v) is 9.75. The summed E-state index contributed by atoms with van der Waals surface area (Å²) in [4.78, 5) is 10.3. The van der Waals surface area contributed by atoms with Gasteiger partial charge in [-0.05, 0) is 12.3 Å². The van der Waals surface area contributed by atoms with Crippen molar-refractivity contribution in [2.24, 2.45) is 11.7 Å². The SMILES string of the molecule is CC(C)CNS(=O)(=O)CC[C@H](N)C(=O)O. The molecule has 0 fully saturated rings. The summed E-state index contributed by atoms with van der Waals surface area (Å²) in [6.45, 7) is 4.11. The normalized spacial score (nSPS) is 14.1. The van der Waals surface area contributed by atoms with Gasteiger partial charge in [0.25, 0.3) is 0 Å². The third-order valence-electron chi connectivity index (χ3n) is 1.73. The minimum absolute atomic E-state index is 0.0806. The van der Waals surface area contributed by atoms with Gasteiger partial charge in [0.05, 0.1) is 5.75 Å². The number of carbonyl (C=O) groups is 1. The smallest absolute Gasteiger partial charge is 0.320 e. The summed E-state index contributed by atoms with van der Waals surface area (Å²) in [5, 5.41) is 8.46. The van der Waals surface area contributed by atoms with E-state index in [4.69, 9.17) is 10.8 Å². The van der Waals surface area contributed by atoms with E-state index in [9.17, 15) is 13.2 Å². The monoisotopic (exact) mass is 238 g/mol. The lowest BCUT2D eigenvalue weighted by Gasteiger charge is -2.10. The van der Waals surface area contributed by atoms with Crippen LogP contribution >= 0.6 is 0 Å². The van der Waals surface area contributed by atoms with Crippen molar-refractivity contribution in [3.63, 3.8) is 0 Å². The van der Waals surface area contributed by atoms with Gasteiger partial charge < -0.3 is 10.8 Å². The third-order valence-corrected chi connectivity index (χ3v) is 3.11. The third kappa shape index (κ3) is 7.29. The zero-order valence-electron chi connectivity index (χ0n) is 8.93. The van der Waals surface area contributed by atoms with E-state index in [2.05, 4.69) is 4.72 Å². The van der Waals surface area contributed by atoms with Gasteiger partial charge in [-0.3, -0.25) is 4.79 Å². The van der Waals surface area contributed by atoms with Crippen molar-refractivity contribution in [1.29, 1.82) is 0 Å². The average molecular weight is 238 g/mol. The molecule has 0 aromatic rings. The van der Waals surface area contributed by atoms with Crippen molar-refractivity contribution in [2.45, 2.75) is 26.3 Å². The molecule has 0 bridgehead atoms. The molecule has 1 atom stereocenters. The quantitative estimate of drug-likeness (QED) is 0.546. The lowest BCUT2D eigenvalue weighted by molar-refractivity contribution is -0.138. The summed E-state index contributed by atoms with van der Waals surface area (Å²) in [5.74, 6) is -1.23. The fourth-order valence-corrected chi connectivity index (χ4v) is 2.07. The molecule has 0 amide bonds. The number of carboxylic acid groups (broad SMARTS) is 1. The van der Waals surface area contributed by atoms with Crippen LogP contribution in [0.15, 0.2) is 0 Å². The molecule has 0 aliphatic carbocycles. The number of sulfonamides is 1. The van der Waals surface area contributed by atoms with Crippen LogP contribution in [-0.2, 0) is 14.8 Å². The molecule has 0 aliphatic heterocycles. The Morgan fingerprint density at radius 2 is 2.00 bits per heavy atom. The van der Waals surface area contributed by atoms with Crippen molar-refractivity contribution in [2.75, 3.05) is 12.3 Å². The van der Waals surface area contributed by atoms with E-state index in [1.165, 1.54) is 0 Å². The van der Waals surface area contributed by atoms with Gasteiger partial charge in [-0.25, -0.2) is 13.1 Å². The van der Waals surface area contributed by atoms with E-state index in [1.54, 1.807) is 0 Å². The van der Waals surface area contributed by atoms with Crippen molar-refractivity contribution in [3.8, 4) is 0 Å². The molecule has 15 heavy (non-hydrogen) atoms. The Morgan fingerprint density at radius 1 is 1.47 bits per heavy atom. The Kier molecular flexibility index (Phi) is 5.77. The van der Waals surface area contributed by atoms with Crippen molar-refractivity contribution in [1.82, 2.24) is 4.72 Å². The molecule has 0 unspecified atom stereocenters. The van der Waals surface area contributed by atoms with Crippen molar-refractivity contribution >= 4 is 16.0 Å². The molecule has 4 N–H and O–H groups in total. The topological polar surface area (TPSA) is 109 Å². The summed E-state index contributed by atoms with van der Waals surface area (Å²) in [5.41, 5.74) is 5.19. The first-order chi connectivity index (χ1) is 6.74. The fraction of sp³-hybridized carbons (Fsp3) is 0.875. The van der Waals surface area contributed by atoms with Crippen LogP contribution in [0.1, 0.15) is 20.3 Å². The number of aliphatic carboxylic acids is 1. The number of nitrogens with one attached hydrogen (secondary N) is 1. The van der Waals surface area contributed by atoms with Gasteiger partial charge in [-0.1, -0.05) is 13.8 Å². The van der Waals surface area contributed by atoms with E-state index in [-0.39, 0.29) is 18.1 Å². The van der Waals surface area contributed by atoms with Gasteiger partial charge in [-0.15, -0.1) is 0 Å². The largest absolute Gasteiger partial charge is 0.480 e. The molecular weight excluding hydrogens is 220 g/mol. The highest BCUT2D eigenvalue weighted by Gasteiger charge is 2.17. The molecule has 6 nitrogen and oxygen atoms in total. The maximum absolute atomic E-state index is 11.3. The first kappa shape index (κ1) is 14.3. The maximum Gasteiger partial charge on any atom is 0.320 e. The molecule has 0 aromatic carbocycles. The van der Waals surface area contributed by atoms with Crippen LogP contribution < -0.4 is 10.5 Å². The molecule has 90 valence electrons. The predicted molar refractivity (Wildman–Crippen MR) is 56.9 cm³/mol. The fourth-order valence-electron chi connectivity index (χ4n) is 0.771. The summed E-state index contributed by atoms with van der Waals surface area (Å²) in [7, 11) is -3.40. The number of nitrogens with two attached hydrogens (primary N) is 1. The minimum atomic E-state index is -3.40. The van der Waals surface area contributed by atoms with E-state index < -0.39 is 22.0 Å². The van der Waals surface area contributed by atoms with Crippen LogP contribution in [0.3, 0.4) is 0 Å². The van der Waals surface area contributed by atoms with Crippen molar-refractivity contribution < 1.29 is 18.3 Å². The van der Waals surface area contributed by atoms with Gasteiger partial charge in [0.1, 0.15) is 6.04 Å². The maximum atomic E-state index is 11.3. The second-order valence-electron chi connectivity index (χ2n) is 3.79. The van der Waals surface area contributed by atoms with Crippen LogP contribution in [0.5, 0.6) is 0 Å². The van der Waals surface area contributed by atoms with Gasteiger partial charge in [0.2, 0.25) is 10.0 Å². The van der Waals surface area contributed by atoms with Crippen molar-refractivity contribution in [3.05, 3.63) is 0 Å². The molecular formula is C8H18N2O4S. The first-order valence-electron chi connectivity index (χ1n) is 4.70. The van der Waals surface area contributed by atoms with Gasteiger partial charge >= 0.3 is 5.97 Å². The van der Waals surface area contributed by atoms with Crippen LogP contribution in [-0.4, -0.2) is 37.8 Å².